The molecule has 1 aromatic carbocycles. The molecule has 28 heavy (non-hydrogen) atoms. The van der Waals surface area contributed by atoms with Gasteiger partial charge >= 0.3 is 11.9 Å². The predicted octanol–water partition coefficient (Wildman–Crippen LogP) is 3.10. The van der Waals surface area contributed by atoms with Crippen molar-refractivity contribution in [2.75, 3.05) is 26.1 Å². The molecule has 8 nitrogen and oxygen atoms in total. The van der Waals surface area contributed by atoms with E-state index in [9.17, 15) is 9.59 Å². The Morgan fingerprint density at radius 2 is 2.11 bits per heavy atom. The number of hydrogen-bond acceptors (Lipinski definition) is 7. The Morgan fingerprint density at radius 1 is 1.32 bits per heavy atom. The van der Waals surface area contributed by atoms with Gasteiger partial charge in [-0.15, -0.1) is 0 Å². The Kier molecular flexibility index (Phi) is 5.99. The quantitative estimate of drug-likeness (QED) is 0.621. The summed E-state index contributed by atoms with van der Waals surface area (Å²) in [6, 6.07) is 4.81. The first-order valence-electron chi connectivity index (χ1n) is 9.34. The summed E-state index contributed by atoms with van der Waals surface area (Å²) in [4.78, 5) is 24.7. The fourth-order valence-electron chi connectivity index (χ4n) is 3.38. The van der Waals surface area contributed by atoms with Gasteiger partial charge < -0.3 is 19.9 Å². The van der Waals surface area contributed by atoms with Crippen molar-refractivity contribution in [1.29, 1.82) is 0 Å². The van der Waals surface area contributed by atoms with Crippen LogP contribution in [0.3, 0.4) is 0 Å². The number of ether oxygens (including phenoxy) is 3. The van der Waals surface area contributed by atoms with E-state index < -0.39 is 11.9 Å². The second kappa shape index (κ2) is 8.43. The van der Waals surface area contributed by atoms with Crippen molar-refractivity contribution in [1.82, 2.24) is 9.78 Å². The highest BCUT2D eigenvalue weighted by Crippen LogP contribution is 2.36. The molecule has 1 unspecified atom stereocenters. The summed E-state index contributed by atoms with van der Waals surface area (Å²) in [5.74, 6) is -0.976. The van der Waals surface area contributed by atoms with Crippen LogP contribution in [0.4, 0.5) is 5.69 Å². The van der Waals surface area contributed by atoms with Crippen LogP contribution in [0.2, 0.25) is 0 Å². The Bertz CT molecular complexity index is 884. The monoisotopic (exact) mass is 387 g/mol. The molecule has 150 valence electrons. The van der Waals surface area contributed by atoms with Crippen molar-refractivity contribution in [3.8, 4) is 11.3 Å². The fraction of sp³-hybridized carbons (Fsp3) is 0.450. The molecule has 1 atom stereocenters. The second-order valence-corrected chi connectivity index (χ2v) is 6.59. The average molecular weight is 387 g/mol. The summed E-state index contributed by atoms with van der Waals surface area (Å²) in [7, 11) is 1.31. The molecule has 0 bridgehead atoms. The second-order valence-electron chi connectivity index (χ2n) is 6.59. The highest BCUT2D eigenvalue weighted by atomic mass is 16.5. The van der Waals surface area contributed by atoms with Gasteiger partial charge in [-0.25, -0.2) is 14.3 Å². The number of aryl methyl sites for hydroxylation is 1. The lowest BCUT2D eigenvalue weighted by Crippen LogP contribution is -2.21. The van der Waals surface area contributed by atoms with E-state index in [1.807, 2.05) is 0 Å². The molecule has 1 saturated heterocycles. The Labute approximate surface area is 163 Å². The molecule has 0 saturated carbocycles. The highest BCUT2D eigenvalue weighted by molar-refractivity contribution is 6.00. The first-order chi connectivity index (χ1) is 13.5. The maximum Gasteiger partial charge on any atom is 0.342 e. The normalized spacial score (nSPS) is 16.6. The molecule has 3 rings (SSSR count). The van der Waals surface area contributed by atoms with Crippen molar-refractivity contribution < 1.29 is 23.8 Å². The lowest BCUT2D eigenvalue weighted by atomic mass is 10.0. The molecular formula is C20H25N3O5. The molecule has 0 spiro atoms. The van der Waals surface area contributed by atoms with E-state index in [1.54, 1.807) is 36.7 Å². The molecule has 0 radical (unpaired) electrons. The zero-order valence-electron chi connectivity index (χ0n) is 16.4. The van der Waals surface area contributed by atoms with Crippen LogP contribution in [0.1, 0.15) is 58.8 Å². The van der Waals surface area contributed by atoms with E-state index in [1.165, 1.54) is 7.11 Å². The van der Waals surface area contributed by atoms with Crippen molar-refractivity contribution in [2.24, 2.45) is 0 Å². The number of carbonyl (C=O) groups is 2. The predicted molar refractivity (Wildman–Crippen MR) is 103 cm³/mol. The molecule has 1 fully saturated rings. The van der Waals surface area contributed by atoms with Crippen LogP contribution in [-0.2, 0) is 14.2 Å². The molecule has 1 aliphatic rings. The molecule has 2 N–H and O–H groups in total. The first-order valence-corrected chi connectivity index (χ1v) is 9.34. The minimum atomic E-state index is -0.490. The number of benzene rings is 1. The maximum atomic E-state index is 12.7. The van der Waals surface area contributed by atoms with Gasteiger partial charge in [-0.3, -0.25) is 0 Å². The van der Waals surface area contributed by atoms with Crippen molar-refractivity contribution in [2.45, 2.75) is 39.3 Å². The Morgan fingerprint density at radius 3 is 2.75 bits per heavy atom. The lowest BCUT2D eigenvalue weighted by molar-refractivity contribution is -0.0385. The zero-order chi connectivity index (χ0) is 20.3. The zero-order valence-corrected chi connectivity index (χ0v) is 16.4. The number of methoxy groups -OCH3 is 1. The minimum absolute atomic E-state index is 0.237. The third-order valence-electron chi connectivity index (χ3n) is 4.72. The van der Waals surface area contributed by atoms with E-state index >= 15 is 0 Å². The van der Waals surface area contributed by atoms with Crippen molar-refractivity contribution in [3.05, 3.63) is 35.0 Å². The van der Waals surface area contributed by atoms with Gasteiger partial charge in [0.1, 0.15) is 5.56 Å². The molecule has 2 aromatic rings. The number of nitrogens with zero attached hydrogens (tertiary/aromatic N) is 2. The van der Waals surface area contributed by atoms with Gasteiger partial charge in [0, 0.05) is 17.9 Å². The van der Waals surface area contributed by atoms with Gasteiger partial charge in [0.05, 0.1) is 30.7 Å². The van der Waals surface area contributed by atoms with E-state index in [2.05, 4.69) is 5.10 Å². The van der Waals surface area contributed by atoms with E-state index in [0.29, 0.717) is 40.4 Å². The molecular weight excluding hydrogens is 362 g/mol. The molecule has 1 aliphatic heterocycles. The SMILES string of the molecule is CCOC(=O)c1c(C)nn(C2CCCCO2)c1-c1cc(C(=O)OC)ccc1N. The fourth-order valence-corrected chi connectivity index (χ4v) is 3.38. The molecule has 1 aromatic heterocycles. The topological polar surface area (TPSA) is 106 Å². The van der Waals surface area contributed by atoms with Crippen molar-refractivity contribution in [3.63, 3.8) is 0 Å². The van der Waals surface area contributed by atoms with Crippen LogP contribution in [0.25, 0.3) is 11.3 Å². The van der Waals surface area contributed by atoms with Gasteiger partial charge in [-0.1, -0.05) is 0 Å². The van der Waals surface area contributed by atoms with Crippen LogP contribution >= 0.6 is 0 Å². The third kappa shape index (κ3) is 3.73. The van der Waals surface area contributed by atoms with Crippen LogP contribution in [0.15, 0.2) is 18.2 Å². The summed E-state index contributed by atoms with van der Waals surface area (Å²) < 4.78 is 17.6. The summed E-state index contributed by atoms with van der Waals surface area (Å²) in [6.07, 6.45) is 2.44. The summed E-state index contributed by atoms with van der Waals surface area (Å²) >= 11 is 0. The van der Waals surface area contributed by atoms with Gasteiger partial charge in [0.25, 0.3) is 0 Å². The van der Waals surface area contributed by atoms with Gasteiger partial charge in [-0.2, -0.15) is 5.10 Å². The number of carbonyl (C=O) groups excluding carboxylic acids is 2. The number of aromatic nitrogens is 2. The lowest BCUT2D eigenvalue weighted by Gasteiger charge is -2.25. The van der Waals surface area contributed by atoms with E-state index in [4.69, 9.17) is 19.9 Å². The van der Waals surface area contributed by atoms with E-state index in [-0.39, 0.29) is 12.8 Å². The number of anilines is 1. The standard InChI is InChI=1S/C20H25N3O5/c1-4-27-20(25)17-12(2)22-23(16-7-5-6-10-28-16)18(17)14-11-13(19(24)26-3)8-9-15(14)21/h8-9,11,16H,4-7,10,21H2,1-3H3. The van der Waals surface area contributed by atoms with Crippen LogP contribution < -0.4 is 5.73 Å². The van der Waals surface area contributed by atoms with Gasteiger partial charge in [-0.05, 0) is 51.3 Å². The average Bonchev–Trinajstić information content (AvgIpc) is 3.05. The largest absolute Gasteiger partial charge is 0.465 e. The number of nitrogen functional groups attached to an aromatic ring is 1. The molecule has 2 heterocycles. The number of nitrogens with two attached hydrogens (primary N) is 1. The number of rotatable bonds is 5. The molecule has 0 aliphatic carbocycles. The highest BCUT2D eigenvalue weighted by Gasteiger charge is 2.30. The molecule has 8 heteroatoms. The number of hydrogen-bond donors (Lipinski definition) is 1. The van der Waals surface area contributed by atoms with Gasteiger partial charge in [0.2, 0.25) is 0 Å². The van der Waals surface area contributed by atoms with Gasteiger partial charge in [0.15, 0.2) is 6.23 Å². The van der Waals surface area contributed by atoms with Crippen molar-refractivity contribution >= 4 is 17.6 Å². The van der Waals surface area contributed by atoms with E-state index in [0.717, 1.165) is 19.3 Å². The maximum absolute atomic E-state index is 12.7. The number of esters is 2. The van der Waals surface area contributed by atoms with Crippen LogP contribution in [0.5, 0.6) is 0 Å². The molecule has 0 amide bonds. The van der Waals surface area contributed by atoms with Crippen LogP contribution in [-0.4, -0.2) is 42.0 Å². The smallest absolute Gasteiger partial charge is 0.342 e. The Balaban J connectivity index is 2.22. The minimum Gasteiger partial charge on any atom is -0.465 e. The summed E-state index contributed by atoms with van der Waals surface area (Å²) in [6.45, 7) is 4.35. The first kappa shape index (κ1) is 19.9. The Hall–Kier alpha value is -2.87. The summed E-state index contributed by atoms with van der Waals surface area (Å²) in [5, 5.41) is 4.57. The van der Waals surface area contributed by atoms with Crippen LogP contribution in [0, 0.1) is 6.92 Å². The summed E-state index contributed by atoms with van der Waals surface area (Å²) in [5.41, 5.74) is 8.82. The third-order valence-corrected chi connectivity index (χ3v) is 4.72.